The minimum absolute atomic E-state index is 0.264. The first kappa shape index (κ1) is 10.0. The molecule has 0 bridgehead atoms. The zero-order valence-corrected chi connectivity index (χ0v) is 7.44. The van der Waals surface area contributed by atoms with Crippen LogP contribution in [0.3, 0.4) is 0 Å². The Morgan fingerprint density at radius 1 is 1.31 bits per heavy atom. The van der Waals surface area contributed by atoms with Gasteiger partial charge < -0.3 is 0 Å². The van der Waals surface area contributed by atoms with E-state index in [0.29, 0.717) is 12.1 Å². The molecule has 1 aliphatic rings. The van der Waals surface area contributed by atoms with Gasteiger partial charge in [0.25, 0.3) is 0 Å². The summed E-state index contributed by atoms with van der Waals surface area (Å²) in [7, 11) is 0. The molecule has 1 aliphatic heterocycles. The summed E-state index contributed by atoms with van der Waals surface area (Å²) >= 11 is 0. The molecule has 72 valence electrons. The summed E-state index contributed by atoms with van der Waals surface area (Å²) in [6.45, 7) is 3.01. The molecule has 1 rings (SSSR count). The van der Waals surface area contributed by atoms with E-state index in [2.05, 4.69) is 4.99 Å². The molecule has 0 saturated heterocycles. The summed E-state index contributed by atoms with van der Waals surface area (Å²) < 4.78 is 37.1. The Morgan fingerprint density at radius 2 is 1.92 bits per heavy atom. The Bertz CT molecular complexity index is 294. The average molecular weight is 189 g/mol. The van der Waals surface area contributed by atoms with E-state index in [1.54, 1.807) is 19.1 Å². The van der Waals surface area contributed by atoms with Crippen molar-refractivity contribution in [3.8, 4) is 0 Å². The summed E-state index contributed by atoms with van der Waals surface area (Å²) in [6.07, 6.45) is -0.734. The number of aliphatic imine (C=N–C) groups is 1. The summed E-state index contributed by atoms with van der Waals surface area (Å²) in [5, 5.41) is 0. The van der Waals surface area contributed by atoms with Crippen LogP contribution in [0.2, 0.25) is 0 Å². The Hall–Kier alpha value is -1.06. The number of nitrogens with zero attached hydrogens (tertiary/aromatic N) is 1. The Morgan fingerprint density at radius 3 is 2.46 bits per heavy atom. The van der Waals surface area contributed by atoms with Gasteiger partial charge in [0, 0.05) is 5.71 Å². The van der Waals surface area contributed by atoms with Crippen molar-refractivity contribution in [1.82, 2.24) is 0 Å². The highest BCUT2D eigenvalue weighted by Gasteiger charge is 2.35. The highest BCUT2D eigenvalue weighted by atomic mass is 19.4. The maximum absolute atomic E-state index is 12.4. The van der Waals surface area contributed by atoms with Crippen molar-refractivity contribution in [1.29, 1.82) is 0 Å². The molecule has 0 aromatic heterocycles. The minimum Gasteiger partial charge on any atom is -0.249 e. The average Bonchev–Trinajstić information content (AvgIpc) is 2.11. The fourth-order valence-corrected chi connectivity index (χ4v) is 1.12. The predicted molar refractivity (Wildman–Crippen MR) is 45.6 cm³/mol. The lowest BCUT2D eigenvalue weighted by molar-refractivity contribution is -0.0932. The summed E-state index contributed by atoms with van der Waals surface area (Å²) in [4.78, 5) is 3.51. The van der Waals surface area contributed by atoms with Gasteiger partial charge in [0.2, 0.25) is 0 Å². The SMILES string of the molecule is CC1=NC(C(F)(F)F)=C(C)CC=C1. The van der Waals surface area contributed by atoms with Crippen molar-refractivity contribution in [2.24, 2.45) is 4.99 Å². The van der Waals surface area contributed by atoms with Gasteiger partial charge in [-0.2, -0.15) is 13.2 Å². The van der Waals surface area contributed by atoms with Gasteiger partial charge in [-0.1, -0.05) is 6.08 Å². The molecule has 0 radical (unpaired) electrons. The maximum atomic E-state index is 12.4. The van der Waals surface area contributed by atoms with Crippen molar-refractivity contribution < 1.29 is 13.2 Å². The quantitative estimate of drug-likeness (QED) is 0.554. The molecule has 4 heteroatoms. The van der Waals surface area contributed by atoms with E-state index in [-0.39, 0.29) is 5.57 Å². The van der Waals surface area contributed by atoms with Gasteiger partial charge in [-0.3, -0.25) is 0 Å². The van der Waals surface area contributed by atoms with Crippen molar-refractivity contribution in [3.05, 3.63) is 23.4 Å². The zero-order valence-electron chi connectivity index (χ0n) is 7.44. The van der Waals surface area contributed by atoms with Crippen LogP contribution in [0.5, 0.6) is 0 Å². The molecule has 0 unspecified atom stereocenters. The van der Waals surface area contributed by atoms with Crippen LogP contribution in [0, 0.1) is 0 Å². The van der Waals surface area contributed by atoms with Gasteiger partial charge >= 0.3 is 6.18 Å². The number of rotatable bonds is 0. The van der Waals surface area contributed by atoms with Crippen LogP contribution in [0.4, 0.5) is 13.2 Å². The fraction of sp³-hybridized carbons (Fsp3) is 0.444. The van der Waals surface area contributed by atoms with Gasteiger partial charge in [0.1, 0.15) is 5.70 Å². The van der Waals surface area contributed by atoms with Crippen molar-refractivity contribution in [2.45, 2.75) is 26.4 Å². The second-order valence-corrected chi connectivity index (χ2v) is 2.99. The molecule has 0 amide bonds. The number of allylic oxidation sites excluding steroid dienone is 4. The lowest BCUT2D eigenvalue weighted by Gasteiger charge is -2.09. The number of alkyl halides is 3. The number of hydrogen-bond acceptors (Lipinski definition) is 1. The number of halogens is 3. The molecule has 0 aromatic carbocycles. The first-order valence-corrected chi connectivity index (χ1v) is 3.90. The van der Waals surface area contributed by atoms with Crippen LogP contribution < -0.4 is 0 Å². The van der Waals surface area contributed by atoms with E-state index in [1.807, 2.05) is 0 Å². The monoisotopic (exact) mass is 189 g/mol. The zero-order chi connectivity index (χ0) is 10.1. The van der Waals surface area contributed by atoms with E-state index < -0.39 is 11.9 Å². The van der Waals surface area contributed by atoms with E-state index in [4.69, 9.17) is 0 Å². The van der Waals surface area contributed by atoms with Crippen molar-refractivity contribution >= 4 is 5.71 Å². The van der Waals surface area contributed by atoms with Crippen LogP contribution in [-0.2, 0) is 0 Å². The Balaban J connectivity index is 3.13. The molecule has 0 atom stereocenters. The molecule has 0 saturated carbocycles. The maximum Gasteiger partial charge on any atom is 0.433 e. The van der Waals surface area contributed by atoms with Gasteiger partial charge in [-0.05, 0) is 31.9 Å². The third-order valence-electron chi connectivity index (χ3n) is 1.74. The summed E-state index contributed by atoms with van der Waals surface area (Å²) in [6, 6.07) is 0. The van der Waals surface area contributed by atoms with Crippen LogP contribution in [0.25, 0.3) is 0 Å². The third-order valence-corrected chi connectivity index (χ3v) is 1.74. The molecular formula is C9H10F3N. The smallest absolute Gasteiger partial charge is 0.249 e. The molecule has 1 heterocycles. The van der Waals surface area contributed by atoms with Crippen molar-refractivity contribution in [3.63, 3.8) is 0 Å². The molecule has 0 fully saturated rings. The second-order valence-electron chi connectivity index (χ2n) is 2.99. The van der Waals surface area contributed by atoms with Crippen LogP contribution in [0.1, 0.15) is 20.3 Å². The first-order chi connectivity index (χ1) is 5.91. The summed E-state index contributed by atoms with van der Waals surface area (Å²) in [5.41, 5.74) is -0.0974. The highest BCUT2D eigenvalue weighted by Crippen LogP contribution is 2.31. The second kappa shape index (κ2) is 3.36. The predicted octanol–water partition coefficient (Wildman–Crippen LogP) is 3.24. The van der Waals surface area contributed by atoms with Crippen LogP contribution in [0.15, 0.2) is 28.4 Å². The fourth-order valence-electron chi connectivity index (χ4n) is 1.12. The largest absolute Gasteiger partial charge is 0.433 e. The van der Waals surface area contributed by atoms with Crippen LogP contribution >= 0.6 is 0 Å². The van der Waals surface area contributed by atoms with E-state index in [0.717, 1.165) is 0 Å². The molecular weight excluding hydrogens is 179 g/mol. The van der Waals surface area contributed by atoms with Gasteiger partial charge in [-0.15, -0.1) is 0 Å². The van der Waals surface area contributed by atoms with Crippen molar-refractivity contribution in [2.75, 3.05) is 0 Å². The molecule has 0 spiro atoms. The van der Waals surface area contributed by atoms with E-state index in [1.165, 1.54) is 6.92 Å². The van der Waals surface area contributed by atoms with Crippen LogP contribution in [-0.4, -0.2) is 11.9 Å². The number of hydrogen-bond donors (Lipinski definition) is 0. The van der Waals surface area contributed by atoms with Gasteiger partial charge in [0.05, 0.1) is 0 Å². The molecule has 0 aliphatic carbocycles. The Labute approximate surface area is 74.7 Å². The molecule has 0 aromatic rings. The van der Waals surface area contributed by atoms with E-state index in [9.17, 15) is 13.2 Å². The molecule has 13 heavy (non-hydrogen) atoms. The lowest BCUT2D eigenvalue weighted by Crippen LogP contribution is -2.12. The topological polar surface area (TPSA) is 12.4 Å². The molecule has 1 nitrogen and oxygen atoms in total. The van der Waals surface area contributed by atoms with Gasteiger partial charge in [-0.25, -0.2) is 4.99 Å². The summed E-state index contributed by atoms with van der Waals surface area (Å²) in [5.74, 6) is 0. The Kier molecular flexibility index (Phi) is 2.59. The first-order valence-electron chi connectivity index (χ1n) is 3.90. The normalized spacial score (nSPS) is 18.7. The van der Waals surface area contributed by atoms with E-state index >= 15 is 0 Å². The highest BCUT2D eigenvalue weighted by molar-refractivity contribution is 5.93. The standard InChI is InChI=1S/C9H10F3N/c1-6-4-3-5-7(2)13-8(6)9(10,11)12/h3,5H,4H2,1-2H3. The minimum atomic E-state index is -4.34. The third kappa shape index (κ3) is 2.44. The van der Waals surface area contributed by atoms with Gasteiger partial charge in [0.15, 0.2) is 0 Å². The lowest BCUT2D eigenvalue weighted by atomic mass is 10.1. The molecule has 0 N–H and O–H groups in total.